The number of hydrogen-bond donors (Lipinski definition) is 0. The SMILES string of the molecule is CC.CCCc1[c-]nc([N+](=O)[O-])n1C.CCCc1ccc([N+](=O)[O-])cc1.[CH3-].[Rb+].[Rb+]. The van der Waals surface area contributed by atoms with Crippen molar-refractivity contribution < 1.29 is 126 Å². The number of aromatic nitrogens is 2. The number of benzene rings is 1. The van der Waals surface area contributed by atoms with Crippen LogP contribution in [0, 0.1) is 33.9 Å². The Kier molecular flexibility index (Phi) is 28.3. The molecule has 0 aliphatic rings. The van der Waals surface area contributed by atoms with E-state index in [0.29, 0.717) is 0 Å². The Bertz CT molecular complexity index is 692. The van der Waals surface area contributed by atoms with Crippen LogP contribution in [0.3, 0.4) is 0 Å². The average molecular weight is 549 g/mol. The van der Waals surface area contributed by atoms with Crippen molar-refractivity contribution in [1.82, 2.24) is 9.55 Å². The van der Waals surface area contributed by atoms with Crippen LogP contribution in [0.1, 0.15) is 51.8 Å². The van der Waals surface area contributed by atoms with Crippen LogP contribution in [0.4, 0.5) is 11.6 Å². The summed E-state index contributed by atoms with van der Waals surface area (Å²) < 4.78 is 1.46. The van der Waals surface area contributed by atoms with Gasteiger partial charge in [0, 0.05) is 24.9 Å². The fourth-order valence-electron chi connectivity index (χ4n) is 2.08. The van der Waals surface area contributed by atoms with E-state index in [-0.39, 0.29) is 140 Å². The van der Waals surface area contributed by atoms with E-state index in [0.717, 1.165) is 36.9 Å². The summed E-state index contributed by atoms with van der Waals surface area (Å²) in [5, 5.41) is 20.6. The van der Waals surface area contributed by atoms with E-state index in [1.165, 1.54) is 4.57 Å². The molecule has 0 atom stereocenters. The van der Waals surface area contributed by atoms with Gasteiger partial charge < -0.3 is 22.1 Å². The van der Waals surface area contributed by atoms with Crippen molar-refractivity contribution in [3.63, 3.8) is 0 Å². The number of rotatable bonds is 6. The maximum atomic E-state index is 10.3. The van der Waals surface area contributed by atoms with Gasteiger partial charge in [0.2, 0.25) is 0 Å². The van der Waals surface area contributed by atoms with Gasteiger partial charge in [0.05, 0.1) is 4.92 Å². The fraction of sp³-hybridized carbons (Fsp3) is 0.474. The first-order chi connectivity index (χ1) is 12.4. The standard InChI is InChI=1S/C9H11NO2.C7H10N3O2.C2H6.CH3.2Rb/c1-2-3-8-4-6-9(7-5-8)10(11)12;1-3-4-6-5-8-7(9(6)2)10(11)12;1-2;;;/h4-7H,2-3H2,1H3;3-4H2,1-2H3;1-2H3;1H3;;/q;-1;;-1;2*+1. The molecule has 8 nitrogen and oxygen atoms in total. The van der Waals surface area contributed by atoms with Crippen LogP contribution in [0.15, 0.2) is 24.3 Å². The zero-order chi connectivity index (χ0) is 20.1. The predicted molar refractivity (Wildman–Crippen MR) is 108 cm³/mol. The van der Waals surface area contributed by atoms with Crippen LogP contribution < -0.4 is 116 Å². The summed E-state index contributed by atoms with van der Waals surface area (Å²) in [6, 6.07) is 6.71. The smallest absolute Gasteiger partial charge is 0.408 e. The third-order valence-corrected chi connectivity index (χ3v) is 3.33. The summed E-state index contributed by atoms with van der Waals surface area (Å²) in [6.45, 7) is 8.09. The second-order valence-corrected chi connectivity index (χ2v) is 5.21. The Labute approximate surface area is 272 Å². The third-order valence-electron chi connectivity index (χ3n) is 3.33. The Morgan fingerprint density at radius 2 is 1.45 bits per heavy atom. The Balaban J connectivity index is -0.000000181. The minimum atomic E-state index is -0.504. The van der Waals surface area contributed by atoms with Crippen molar-refractivity contribution in [1.29, 1.82) is 0 Å². The molecule has 152 valence electrons. The molecule has 0 saturated carbocycles. The molecule has 0 aliphatic heterocycles. The minimum absolute atomic E-state index is 0. The normalized spacial score (nSPS) is 8.45. The number of nitrogens with zero attached hydrogens (tertiary/aromatic N) is 4. The van der Waals surface area contributed by atoms with Crippen LogP contribution in [0.25, 0.3) is 0 Å². The van der Waals surface area contributed by atoms with Gasteiger partial charge in [0.1, 0.15) is 0 Å². The topological polar surface area (TPSA) is 104 Å². The molecule has 0 unspecified atom stereocenters. The van der Waals surface area contributed by atoms with Gasteiger partial charge in [0.15, 0.2) is 0 Å². The third kappa shape index (κ3) is 14.5. The molecule has 0 amide bonds. The van der Waals surface area contributed by atoms with Gasteiger partial charge in [-0.3, -0.25) is 15.1 Å². The summed E-state index contributed by atoms with van der Waals surface area (Å²) in [5.74, 6) is -0.140. The summed E-state index contributed by atoms with van der Waals surface area (Å²) in [4.78, 5) is 23.3. The Morgan fingerprint density at radius 3 is 1.79 bits per heavy atom. The van der Waals surface area contributed by atoms with Gasteiger partial charge in [0.25, 0.3) is 11.6 Å². The van der Waals surface area contributed by atoms with Crippen molar-refractivity contribution in [3.05, 3.63) is 69.4 Å². The second kappa shape index (κ2) is 22.0. The molecule has 29 heavy (non-hydrogen) atoms. The monoisotopic (exact) mass is 548 g/mol. The molecule has 2 rings (SSSR count). The van der Waals surface area contributed by atoms with Gasteiger partial charge >= 0.3 is 116 Å². The van der Waals surface area contributed by atoms with Gasteiger partial charge in [-0.15, -0.1) is 4.92 Å². The molecule has 0 fully saturated rings. The Morgan fingerprint density at radius 1 is 0.966 bits per heavy atom. The minimum Gasteiger partial charge on any atom is -0.408 e. The maximum Gasteiger partial charge on any atom is 1.00 e. The average Bonchev–Trinajstić information content (AvgIpc) is 2.99. The molecule has 0 N–H and O–H groups in total. The molecule has 1 heterocycles. The first-order valence-corrected chi connectivity index (χ1v) is 8.71. The van der Waals surface area contributed by atoms with Gasteiger partial charge in [-0.05, 0) is 24.6 Å². The van der Waals surface area contributed by atoms with Crippen LogP contribution in [-0.2, 0) is 19.9 Å². The van der Waals surface area contributed by atoms with E-state index in [4.69, 9.17) is 0 Å². The molecular weight excluding hydrogens is 519 g/mol. The number of imidazole rings is 1. The number of hydrogen-bond acceptors (Lipinski definition) is 5. The molecule has 0 bridgehead atoms. The quantitative estimate of drug-likeness (QED) is 0.265. The zero-order valence-corrected chi connectivity index (χ0v) is 28.9. The van der Waals surface area contributed by atoms with E-state index in [2.05, 4.69) is 18.1 Å². The largest absolute Gasteiger partial charge is 1.00 e. The summed E-state index contributed by atoms with van der Waals surface area (Å²) in [5.41, 5.74) is 2.10. The van der Waals surface area contributed by atoms with Crippen LogP contribution in [0.2, 0.25) is 0 Å². The molecule has 0 radical (unpaired) electrons. The van der Waals surface area contributed by atoms with Gasteiger partial charge in [-0.25, -0.2) is 0 Å². The van der Waals surface area contributed by atoms with Crippen LogP contribution in [0.5, 0.6) is 0 Å². The summed E-state index contributed by atoms with van der Waals surface area (Å²) >= 11 is 0. The van der Waals surface area contributed by atoms with E-state index >= 15 is 0 Å². The van der Waals surface area contributed by atoms with Crippen molar-refractivity contribution in [2.24, 2.45) is 7.05 Å². The van der Waals surface area contributed by atoms with Crippen molar-refractivity contribution in [2.45, 2.75) is 53.4 Å². The molecular formula is C19H30N4O4Rb2. The number of aryl methyl sites for hydroxylation is 2. The Hall–Kier alpha value is 0.840. The first-order valence-electron chi connectivity index (χ1n) is 8.71. The number of non-ortho nitro benzene ring substituents is 1. The van der Waals surface area contributed by atoms with Crippen molar-refractivity contribution >= 4 is 11.6 Å². The van der Waals surface area contributed by atoms with Crippen molar-refractivity contribution in [2.75, 3.05) is 0 Å². The fourth-order valence-corrected chi connectivity index (χ4v) is 2.08. The first kappa shape index (κ1) is 37.2. The van der Waals surface area contributed by atoms with E-state index in [1.54, 1.807) is 19.2 Å². The van der Waals surface area contributed by atoms with Crippen LogP contribution in [-0.4, -0.2) is 19.4 Å². The van der Waals surface area contributed by atoms with Gasteiger partial charge in [-0.1, -0.05) is 52.7 Å². The zero-order valence-electron chi connectivity index (χ0n) is 19.1. The molecule has 0 spiro atoms. The van der Waals surface area contributed by atoms with E-state index in [1.807, 2.05) is 32.9 Å². The van der Waals surface area contributed by atoms with Crippen LogP contribution >= 0.6 is 0 Å². The predicted octanol–water partition coefficient (Wildman–Crippen LogP) is -0.887. The summed E-state index contributed by atoms with van der Waals surface area (Å²) in [6.07, 6.45) is 6.39. The van der Waals surface area contributed by atoms with E-state index in [9.17, 15) is 20.2 Å². The molecule has 1 aromatic carbocycles. The molecule has 10 heteroatoms. The van der Waals surface area contributed by atoms with E-state index < -0.39 is 4.92 Å². The summed E-state index contributed by atoms with van der Waals surface area (Å²) in [7, 11) is 1.63. The van der Waals surface area contributed by atoms with Crippen molar-refractivity contribution in [3.8, 4) is 0 Å². The molecule has 0 aliphatic carbocycles. The molecule has 2 aromatic rings. The number of nitro groups is 2. The molecule has 1 aromatic heterocycles. The van der Waals surface area contributed by atoms with Gasteiger partial charge in [-0.2, -0.15) is 0 Å². The molecule has 0 saturated heterocycles. The second-order valence-electron chi connectivity index (χ2n) is 5.21. The maximum absolute atomic E-state index is 10.3. The number of nitro benzene ring substituents is 1.